The van der Waals surface area contributed by atoms with E-state index >= 15 is 0 Å². The number of hydrogen-bond donors (Lipinski definition) is 3. The number of rotatable bonds is 7. The molecule has 6 nitrogen and oxygen atoms in total. The molecule has 2 aromatic rings. The van der Waals surface area contributed by atoms with Gasteiger partial charge in [0.25, 0.3) is 0 Å². The smallest absolute Gasteiger partial charge is 0.184 e. The average molecular weight is 387 g/mol. The van der Waals surface area contributed by atoms with Crippen LogP contribution < -0.4 is 5.73 Å². The van der Waals surface area contributed by atoms with Crippen molar-refractivity contribution in [3.8, 4) is 0 Å². The molecule has 1 aliphatic rings. The van der Waals surface area contributed by atoms with Crippen molar-refractivity contribution in [3.05, 3.63) is 70.8 Å². The third-order valence-corrected chi connectivity index (χ3v) is 4.98. The van der Waals surface area contributed by atoms with Crippen LogP contribution in [-0.4, -0.2) is 47.8 Å². The van der Waals surface area contributed by atoms with Crippen LogP contribution in [0.2, 0.25) is 0 Å². The monoisotopic (exact) mass is 387 g/mol. The fourth-order valence-electron chi connectivity index (χ4n) is 3.13. The second kappa shape index (κ2) is 9.60. The Kier molecular flexibility index (Phi) is 7.18. The molecule has 152 valence electrons. The van der Waals surface area contributed by atoms with Crippen molar-refractivity contribution < 1.29 is 24.4 Å². The van der Waals surface area contributed by atoms with Gasteiger partial charge in [0, 0.05) is 5.56 Å². The highest BCUT2D eigenvalue weighted by Gasteiger charge is 2.40. The largest absolute Gasteiger partial charge is 0.395 e. The number of nitrogens with two attached hydrogens (primary N) is 1. The van der Waals surface area contributed by atoms with Crippen molar-refractivity contribution >= 4 is 0 Å². The van der Waals surface area contributed by atoms with Gasteiger partial charge in [-0.05, 0) is 19.4 Å². The first kappa shape index (κ1) is 20.9. The van der Waals surface area contributed by atoms with Gasteiger partial charge in [0.2, 0.25) is 0 Å². The zero-order valence-corrected chi connectivity index (χ0v) is 16.3. The van der Waals surface area contributed by atoms with Crippen LogP contribution in [0.25, 0.3) is 0 Å². The molecule has 1 aliphatic heterocycles. The zero-order valence-electron chi connectivity index (χ0n) is 16.3. The number of aryl methyl sites for hydroxylation is 2. The summed E-state index contributed by atoms with van der Waals surface area (Å²) in [7, 11) is 0. The molecule has 0 radical (unpaired) electrons. The molecule has 0 aromatic heterocycles. The lowest BCUT2D eigenvalue weighted by molar-refractivity contribution is -0.287. The van der Waals surface area contributed by atoms with Gasteiger partial charge < -0.3 is 30.2 Å². The fourth-order valence-corrected chi connectivity index (χ4v) is 3.13. The predicted molar refractivity (Wildman–Crippen MR) is 106 cm³/mol. The van der Waals surface area contributed by atoms with E-state index in [2.05, 4.69) is 0 Å². The van der Waals surface area contributed by atoms with Gasteiger partial charge in [-0.25, -0.2) is 0 Å². The quantitative estimate of drug-likeness (QED) is 0.673. The molecular formula is C22H29NO5. The molecule has 2 aromatic carbocycles. The van der Waals surface area contributed by atoms with Crippen LogP contribution in [0.3, 0.4) is 0 Å². The maximum Gasteiger partial charge on any atom is 0.184 e. The standard InChI is InChI=1S/C22H29NO5/c1-14-3-7-16(8-4-14)12-26-19-13-27-22(17-9-5-15(2)6-10-17)28-21(19)20(25)18(23)11-24/h3-10,18-22,24-25H,11-13,23H2,1-2H3. The molecule has 0 aliphatic carbocycles. The SMILES string of the molecule is Cc1ccc(COC2COC(c3ccc(C)cc3)OC2C(O)C(N)CO)cc1. The predicted octanol–water partition coefficient (Wildman–Crippen LogP) is 1.98. The van der Waals surface area contributed by atoms with E-state index in [0.29, 0.717) is 6.61 Å². The maximum atomic E-state index is 10.6. The topological polar surface area (TPSA) is 94.2 Å². The Morgan fingerprint density at radius 1 is 1.07 bits per heavy atom. The molecular weight excluding hydrogens is 358 g/mol. The minimum absolute atomic E-state index is 0.254. The van der Waals surface area contributed by atoms with Gasteiger partial charge in [0.15, 0.2) is 6.29 Å². The van der Waals surface area contributed by atoms with Crippen molar-refractivity contribution in [2.45, 2.75) is 51.1 Å². The van der Waals surface area contributed by atoms with Crippen molar-refractivity contribution in [1.29, 1.82) is 0 Å². The first-order chi connectivity index (χ1) is 13.5. The van der Waals surface area contributed by atoms with Gasteiger partial charge in [0.1, 0.15) is 18.3 Å². The van der Waals surface area contributed by atoms with E-state index in [9.17, 15) is 10.2 Å². The van der Waals surface area contributed by atoms with Crippen LogP contribution in [0.15, 0.2) is 48.5 Å². The van der Waals surface area contributed by atoms with Crippen LogP contribution in [0.1, 0.15) is 28.5 Å². The third kappa shape index (κ3) is 5.17. The van der Waals surface area contributed by atoms with E-state index in [1.54, 1.807) is 0 Å². The first-order valence-electron chi connectivity index (χ1n) is 9.53. The van der Waals surface area contributed by atoms with E-state index in [1.807, 2.05) is 62.4 Å². The molecule has 3 rings (SSSR count). The van der Waals surface area contributed by atoms with E-state index in [1.165, 1.54) is 5.56 Å². The molecule has 6 heteroatoms. The van der Waals surface area contributed by atoms with Gasteiger partial charge in [-0.2, -0.15) is 0 Å². The minimum atomic E-state index is -1.08. The molecule has 1 heterocycles. The summed E-state index contributed by atoms with van der Waals surface area (Å²) in [5, 5.41) is 20.0. The summed E-state index contributed by atoms with van der Waals surface area (Å²) in [6.07, 6.45) is -2.92. The molecule has 0 saturated carbocycles. The number of aliphatic hydroxyl groups excluding tert-OH is 2. The molecule has 5 unspecified atom stereocenters. The summed E-state index contributed by atoms with van der Waals surface area (Å²) in [4.78, 5) is 0. The molecule has 0 spiro atoms. The molecule has 28 heavy (non-hydrogen) atoms. The number of ether oxygens (including phenoxy) is 3. The highest BCUT2D eigenvalue weighted by molar-refractivity contribution is 5.23. The highest BCUT2D eigenvalue weighted by atomic mass is 16.7. The van der Waals surface area contributed by atoms with Crippen LogP contribution in [0.5, 0.6) is 0 Å². The van der Waals surface area contributed by atoms with Crippen LogP contribution in [0.4, 0.5) is 0 Å². The lowest BCUT2D eigenvalue weighted by Gasteiger charge is -2.40. The summed E-state index contributed by atoms with van der Waals surface area (Å²) in [5.41, 5.74) is 10.1. The Bertz CT molecular complexity index is 734. The highest BCUT2D eigenvalue weighted by Crippen LogP contribution is 2.30. The van der Waals surface area contributed by atoms with E-state index in [-0.39, 0.29) is 13.2 Å². The first-order valence-corrected chi connectivity index (χ1v) is 9.53. The fraction of sp³-hybridized carbons (Fsp3) is 0.455. The van der Waals surface area contributed by atoms with Crippen molar-refractivity contribution in [3.63, 3.8) is 0 Å². The maximum absolute atomic E-state index is 10.6. The normalized spacial score (nSPS) is 24.7. The Labute approximate surface area is 165 Å². The Morgan fingerprint density at radius 3 is 2.29 bits per heavy atom. The van der Waals surface area contributed by atoms with Crippen LogP contribution >= 0.6 is 0 Å². The van der Waals surface area contributed by atoms with E-state index < -0.39 is 30.6 Å². The molecule has 1 fully saturated rings. The molecule has 1 saturated heterocycles. The zero-order chi connectivity index (χ0) is 20.1. The van der Waals surface area contributed by atoms with Crippen molar-refractivity contribution in [2.24, 2.45) is 5.73 Å². The van der Waals surface area contributed by atoms with Crippen LogP contribution in [0, 0.1) is 13.8 Å². The molecule has 4 N–H and O–H groups in total. The van der Waals surface area contributed by atoms with Gasteiger partial charge in [0.05, 0.1) is 25.9 Å². The summed E-state index contributed by atoms with van der Waals surface area (Å²) < 4.78 is 17.9. The van der Waals surface area contributed by atoms with Crippen molar-refractivity contribution in [1.82, 2.24) is 0 Å². The lowest BCUT2D eigenvalue weighted by Crippen LogP contribution is -2.55. The Morgan fingerprint density at radius 2 is 1.68 bits per heavy atom. The van der Waals surface area contributed by atoms with E-state index in [0.717, 1.165) is 16.7 Å². The Hall–Kier alpha value is -1.80. The second-order valence-corrected chi connectivity index (χ2v) is 7.35. The molecule has 0 bridgehead atoms. The van der Waals surface area contributed by atoms with Gasteiger partial charge in [-0.3, -0.25) is 0 Å². The van der Waals surface area contributed by atoms with Crippen molar-refractivity contribution in [2.75, 3.05) is 13.2 Å². The molecule has 0 amide bonds. The lowest BCUT2D eigenvalue weighted by atomic mass is 10.0. The number of hydrogen-bond acceptors (Lipinski definition) is 6. The van der Waals surface area contributed by atoms with Gasteiger partial charge in [-0.1, -0.05) is 59.7 Å². The summed E-state index contributed by atoms with van der Waals surface area (Å²) in [5.74, 6) is 0. The number of benzene rings is 2. The third-order valence-electron chi connectivity index (χ3n) is 4.98. The number of aliphatic hydroxyl groups is 2. The summed E-state index contributed by atoms with van der Waals surface area (Å²) in [6, 6.07) is 15.0. The van der Waals surface area contributed by atoms with E-state index in [4.69, 9.17) is 19.9 Å². The average Bonchev–Trinajstić information content (AvgIpc) is 2.72. The minimum Gasteiger partial charge on any atom is -0.395 e. The summed E-state index contributed by atoms with van der Waals surface area (Å²) >= 11 is 0. The molecule has 5 atom stereocenters. The van der Waals surface area contributed by atoms with Gasteiger partial charge in [-0.15, -0.1) is 0 Å². The second-order valence-electron chi connectivity index (χ2n) is 7.35. The Balaban J connectivity index is 1.71. The van der Waals surface area contributed by atoms with Gasteiger partial charge >= 0.3 is 0 Å². The summed E-state index contributed by atoms with van der Waals surface area (Å²) in [6.45, 7) is 4.31. The van der Waals surface area contributed by atoms with Crippen LogP contribution in [-0.2, 0) is 20.8 Å².